The lowest BCUT2D eigenvalue weighted by Gasteiger charge is -2.12. The zero-order valence-corrected chi connectivity index (χ0v) is 14.8. The van der Waals surface area contributed by atoms with Crippen LogP contribution < -0.4 is 10.4 Å². The van der Waals surface area contributed by atoms with Crippen LogP contribution in [-0.2, 0) is 0 Å². The van der Waals surface area contributed by atoms with Gasteiger partial charge in [-0.1, -0.05) is 91.7 Å². The Morgan fingerprint density at radius 1 is 0.750 bits per heavy atom. The minimum atomic E-state index is -0.406. The van der Waals surface area contributed by atoms with Gasteiger partial charge in [0.1, 0.15) is 0 Å². The van der Waals surface area contributed by atoms with Crippen LogP contribution >= 0.6 is 0 Å². The second-order valence-electron chi connectivity index (χ2n) is 5.64. The van der Waals surface area contributed by atoms with E-state index in [1.165, 1.54) is 21.5 Å². The number of hydrogen-bond donors (Lipinski definition) is 0. The Morgan fingerprint density at radius 2 is 1.15 bits per heavy atom. The van der Waals surface area contributed by atoms with Crippen LogP contribution in [0.15, 0.2) is 55.1 Å². The van der Waals surface area contributed by atoms with E-state index < -0.39 is 17.6 Å². The maximum atomic E-state index is 4.32. The Labute approximate surface area is 126 Å². The molecule has 0 N–H and O–H groups in total. The predicted molar refractivity (Wildman–Crippen MR) is 95.3 cm³/mol. The van der Waals surface area contributed by atoms with Gasteiger partial charge in [0.05, 0.1) is 17.6 Å². The molecule has 2 aromatic carbocycles. The molecule has 0 saturated carbocycles. The first kappa shape index (κ1) is 15.0. The third-order valence-corrected chi connectivity index (χ3v) is 6.51. The van der Waals surface area contributed by atoms with E-state index in [0.717, 1.165) is 5.57 Å². The molecule has 0 aromatic heterocycles. The molecule has 0 heterocycles. The summed E-state index contributed by atoms with van der Waals surface area (Å²) in [5.74, 6) is 0. The number of hydrogen-bond acceptors (Lipinski definition) is 0. The molecule has 0 aliphatic carbocycles. The highest BCUT2D eigenvalue weighted by Crippen LogP contribution is 2.20. The van der Waals surface area contributed by atoms with Crippen LogP contribution in [-0.4, -0.2) is 17.6 Å². The summed E-state index contributed by atoms with van der Waals surface area (Å²) in [7, 11) is -0.812. The monoisotopic (exact) mass is 294 g/mol. The fourth-order valence-corrected chi connectivity index (χ4v) is 3.95. The van der Waals surface area contributed by atoms with E-state index in [9.17, 15) is 0 Å². The zero-order valence-electron chi connectivity index (χ0n) is 12.8. The highest BCUT2D eigenvalue weighted by atomic mass is 28.3. The summed E-state index contributed by atoms with van der Waals surface area (Å²) in [5, 5.41) is 2.95. The Kier molecular flexibility index (Phi) is 4.79. The van der Waals surface area contributed by atoms with Crippen molar-refractivity contribution in [2.75, 3.05) is 0 Å². The third kappa shape index (κ3) is 3.38. The Morgan fingerprint density at radius 3 is 1.50 bits per heavy atom. The maximum absolute atomic E-state index is 4.32. The minimum Gasteiger partial charge on any atom is -0.0906 e. The fraction of sp³-hybridized carbons (Fsp3) is 0.222. The minimum absolute atomic E-state index is 0.406. The van der Waals surface area contributed by atoms with Crippen molar-refractivity contribution in [2.24, 2.45) is 0 Å². The van der Waals surface area contributed by atoms with E-state index in [-0.39, 0.29) is 0 Å². The summed E-state index contributed by atoms with van der Waals surface area (Å²) < 4.78 is 0. The molecule has 0 amide bonds. The van der Waals surface area contributed by atoms with Crippen LogP contribution in [0.5, 0.6) is 0 Å². The lowest BCUT2D eigenvalue weighted by atomic mass is 10.00. The van der Waals surface area contributed by atoms with Gasteiger partial charge in [0.2, 0.25) is 0 Å². The smallest absolute Gasteiger partial charge is 0.0791 e. The second kappa shape index (κ2) is 6.38. The molecule has 0 atom stereocenters. The highest BCUT2D eigenvalue weighted by Gasteiger charge is 2.08. The molecule has 0 saturated heterocycles. The van der Waals surface area contributed by atoms with E-state index in [1.54, 1.807) is 0 Å². The van der Waals surface area contributed by atoms with Crippen molar-refractivity contribution in [3.05, 3.63) is 66.2 Å². The van der Waals surface area contributed by atoms with Crippen LogP contribution in [0, 0.1) is 0 Å². The quantitative estimate of drug-likeness (QED) is 0.755. The van der Waals surface area contributed by atoms with Crippen LogP contribution in [0.1, 0.15) is 11.1 Å². The van der Waals surface area contributed by atoms with Gasteiger partial charge in [-0.25, -0.2) is 0 Å². The van der Waals surface area contributed by atoms with Gasteiger partial charge < -0.3 is 0 Å². The molecule has 0 aliphatic heterocycles. The molecule has 2 heteroatoms. The van der Waals surface area contributed by atoms with Gasteiger partial charge in [0, 0.05) is 0 Å². The molecule has 102 valence electrons. The summed E-state index contributed by atoms with van der Waals surface area (Å²) in [6.07, 6.45) is 0. The summed E-state index contributed by atoms with van der Waals surface area (Å²) in [6.45, 7) is 13.6. The van der Waals surface area contributed by atoms with Crippen molar-refractivity contribution >= 4 is 33.5 Å². The topological polar surface area (TPSA) is 0 Å². The molecule has 2 radical (unpaired) electrons. The van der Waals surface area contributed by atoms with Crippen LogP contribution in [0.25, 0.3) is 5.57 Å². The third-order valence-electron chi connectivity index (χ3n) is 3.58. The van der Waals surface area contributed by atoms with Crippen molar-refractivity contribution in [1.29, 1.82) is 0 Å². The van der Waals surface area contributed by atoms with Crippen molar-refractivity contribution in [3.8, 4) is 0 Å². The molecule has 2 aromatic rings. The van der Waals surface area contributed by atoms with Crippen molar-refractivity contribution in [2.45, 2.75) is 26.2 Å². The summed E-state index contributed by atoms with van der Waals surface area (Å²) in [4.78, 5) is 0. The molecular weight excluding hydrogens is 272 g/mol. The first-order valence-electron chi connectivity index (χ1n) is 7.00. The first-order chi connectivity index (χ1) is 9.49. The van der Waals surface area contributed by atoms with E-state index in [0.29, 0.717) is 0 Å². The highest BCUT2D eigenvalue weighted by molar-refractivity contribution is 6.71. The van der Waals surface area contributed by atoms with Crippen LogP contribution in [0.2, 0.25) is 26.2 Å². The van der Waals surface area contributed by atoms with Crippen molar-refractivity contribution < 1.29 is 0 Å². The Balaban J connectivity index is 2.36. The number of benzene rings is 2. The molecule has 20 heavy (non-hydrogen) atoms. The van der Waals surface area contributed by atoms with Crippen LogP contribution in [0.4, 0.5) is 0 Å². The predicted octanol–water partition coefficient (Wildman–Crippen LogP) is 3.67. The van der Waals surface area contributed by atoms with Gasteiger partial charge in [-0.2, -0.15) is 0 Å². The van der Waals surface area contributed by atoms with Gasteiger partial charge >= 0.3 is 0 Å². The van der Waals surface area contributed by atoms with Crippen molar-refractivity contribution in [1.82, 2.24) is 0 Å². The molecule has 0 spiro atoms. The zero-order chi connectivity index (χ0) is 14.7. The van der Waals surface area contributed by atoms with Gasteiger partial charge in [0.15, 0.2) is 0 Å². The average molecular weight is 295 g/mol. The van der Waals surface area contributed by atoms with Gasteiger partial charge in [-0.15, -0.1) is 0 Å². The molecule has 2 rings (SSSR count). The average Bonchev–Trinajstić information content (AvgIpc) is 2.46. The summed E-state index contributed by atoms with van der Waals surface area (Å²) in [5.41, 5.74) is 3.65. The molecule has 0 bridgehead atoms. The molecule has 0 nitrogen and oxygen atoms in total. The van der Waals surface area contributed by atoms with Gasteiger partial charge in [-0.3, -0.25) is 0 Å². The normalized spacial score (nSPS) is 11.1. The number of rotatable bonds is 4. The summed E-state index contributed by atoms with van der Waals surface area (Å²) >= 11 is 0. The summed E-state index contributed by atoms with van der Waals surface area (Å²) in [6, 6.07) is 17.8. The molecule has 0 fully saturated rings. The largest absolute Gasteiger partial charge is 0.0906 e. The Hall–Kier alpha value is -1.39. The van der Waals surface area contributed by atoms with E-state index in [2.05, 4.69) is 81.3 Å². The van der Waals surface area contributed by atoms with E-state index in [4.69, 9.17) is 0 Å². The SMILES string of the molecule is C=C(c1cccc([Si](C)C)c1)c1cccc([Si](C)C)c1. The van der Waals surface area contributed by atoms with E-state index in [1.807, 2.05) is 0 Å². The molecule has 0 unspecified atom stereocenters. The van der Waals surface area contributed by atoms with E-state index >= 15 is 0 Å². The maximum Gasteiger partial charge on any atom is 0.0791 e. The molecular formula is C18H22Si2. The second-order valence-corrected chi connectivity index (χ2v) is 10.8. The standard InChI is InChI=1S/C18H22Si2/c1-14(15-8-6-10-17(12-15)19(2)3)16-9-7-11-18(13-16)20(4)5/h6-13H,1H2,2-5H3. The van der Waals surface area contributed by atoms with Gasteiger partial charge in [-0.05, 0) is 16.7 Å². The first-order valence-corrected chi connectivity index (χ1v) is 12.0. The Bertz CT molecular complexity index is 559. The van der Waals surface area contributed by atoms with Crippen molar-refractivity contribution in [3.63, 3.8) is 0 Å². The lowest BCUT2D eigenvalue weighted by Crippen LogP contribution is -2.23. The fourth-order valence-electron chi connectivity index (χ4n) is 2.20. The lowest BCUT2D eigenvalue weighted by molar-refractivity contribution is 1.58. The van der Waals surface area contributed by atoms with Crippen LogP contribution in [0.3, 0.4) is 0 Å². The molecule has 0 aliphatic rings. The van der Waals surface area contributed by atoms with Gasteiger partial charge in [0.25, 0.3) is 0 Å².